The van der Waals surface area contributed by atoms with Gasteiger partial charge < -0.3 is 4.74 Å². The summed E-state index contributed by atoms with van der Waals surface area (Å²) in [4.78, 5) is 12.0. The molecule has 0 aromatic heterocycles. The third-order valence-corrected chi connectivity index (χ3v) is 5.96. The van der Waals surface area contributed by atoms with Crippen LogP contribution in [0.15, 0.2) is 79.2 Å². The average molecular weight is 616 g/mol. The van der Waals surface area contributed by atoms with Crippen LogP contribution in [0.4, 0.5) is 0 Å². The fourth-order valence-corrected chi connectivity index (χ4v) is 4.38. The molecular formula is C22H16Br3ClN2O2. The zero-order valence-corrected chi connectivity index (χ0v) is 21.1. The van der Waals surface area contributed by atoms with Gasteiger partial charge in [-0.1, -0.05) is 51.8 Å². The van der Waals surface area contributed by atoms with Crippen LogP contribution < -0.4 is 10.2 Å². The van der Waals surface area contributed by atoms with E-state index in [1.807, 2.05) is 60.7 Å². The third kappa shape index (κ3) is 6.94. The maximum Gasteiger partial charge on any atom is 0.244 e. The predicted octanol–water partition coefficient (Wildman–Crippen LogP) is 6.90. The van der Waals surface area contributed by atoms with Gasteiger partial charge in [-0.25, -0.2) is 5.43 Å². The summed E-state index contributed by atoms with van der Waals surface area (Å²) in [6.07, 6.45) is 1.84. The highest BCUT2D eigenvalue weighted by Crippen LogP contribution is 2.35. The number of carbonyl (C=O) groups is 1. The quantitative estimate of drug-likeness (QED) is 0.232. The second-order valence-corrected chi connectivity index (χ2v) is 9.39. The van der Waals surface area contributed by atoms with E-state index < -0.39 is 0 Å². The number of hydrogen-bond acceptors (Lipinski definition) is 3. The number of amides is 1. The molecule has 3 aromatic carbocycles. The monoisotopic (exact) mass is 612 g/mol. The summed E-state index contributed by atoms with van der Waals surface area (Å²) < 4.78 is 8.43. The largest absolute Gasteiger partial charge is 0.487 e. The Labute approximate surface area is 205 Å². The van der Waals surface area contributed by atoms with Gasteiger partial charge in [0.1, 0.15) is 12.4 Å². The zero-order valence-electron chi connectivity index (χ0n) is 15.5. The normalized spacial score (nSPS) is 10.9. The predicted molar refractivity (Wildman–Crippen MR) is 131 cm³/mol. The van der Waals surface area contributed by atoms with Gasteiger partial charge in [-0.3, -0.25) is 4.79 Å². The zero-order chi connectivity index (χ0) is 21.5. The number of carbonyl (C=O) groups excluding carboxylic acids is 1. The van der Waals surface area contributed by atoms with Crippen molar-refractivity contribution in [3.05, 3.63) is 95.8 Å². The van der Waals surface area contributed by atoms with E-state index in [1.165, 1.54) is 0 Å². The van der Waals surface area contributed by atoms with Gasteiger partial charge in [0.05, 0.1) is 21.6 Å². The second-order valence-electron chi connectivity index (χ2n) is 6.33. The fourth-order valence-electron chi connectivity index (χ4n) is 2.53. The molecule has 0 saturated carbocycles. The van der Waals surface area contributed by atoms with Gasteiger partial charge in [-0.2, -0.15) is 5.10 Å². The van der Waals surface area contributed by atoms with Crippen LogP contribution in [-0.4, -0.2) is 12.1 Å². The van der Waals surface area contributed by atoms with Crippen molar-refractivity contribution < 1.29 is 9.53 Å². The molecule has 3 rings (SSSR count). The van der Waals surface area contributed by atoms with E-state index in [9.17, 15) is 4.79 Å². The topological polar surface area (TPSA) is 50.7 Å². The molecule has 0 aliphatic heterocycles. The van der Waals surface area contributed by atoms with Crippen molar-refractivity contribution in [1.29, 1.82) is 0 Å². The van der Waals surface area contributed by atoms with Gasteiger partial charge in [0.2, 0.25) is 5.91 Å². The molecule has 0 radical (unpaired) electrons. The van der Waals surface area contributed by atoms with Gasteiger partial charge in [0, 0.05) is 9.50 Å². The molecule has 0 spiro atoms. The molecule has 0 heterocycles. The van der Waals surface area contributed by atoms with Gasteiger partial charge in [-0.05, 0) is 84.9 Å². The highest BCUT2D eigenvalue weighted by atomic mass is 79.9. The van der Waals surface area contributed by atoms with Crippen LogP contribution in [0.3, 0.4) is 0 Å². The fraction of sp³-hybridized carbons (Fsp3) is 0.0909. The van der Waals surface area contributed by atoms with E-state index in [0.717, 1.165) is 30.1 Å². The molecule has 0 atom stereocenters. The number of ether oxygens (including phenoxy) is 1. The van der Waals surface area contributed by atoms with Crippen LogP contribution in [0, 0.1) is 0 Å². The average Bonchev–Trinajstić information content (AvgIpc) is 2.70. The first kappa shape index (κ1) is 23.0. The molecule has 0 aliphatic rings. The number of hydrazone groups is 1. The summed E-state index contributed by atoms with van der Waals surface area (Å²) in [5, 5.41) is 4.73. The second kappa shape index (κ2) is 11.1. The van der Waals surface area contributed by atoms with E-state index in [0.29, 0.717) is 17.4 Å². The Bertz CT molecular complexity index is 1030. The Morgan fingerprint density at radius 2 is 1.57 bits per heavy atom. The Balaban J connectivity index is 1.57. The highest BCUT2D eigenvalue weighted by molar-refractivity contribution is 9.11. The van der Waals surface area contributed by atoms with Crippen LogP contribution >= 0.6 is 59.4 Å². The summed E-state index contributed by atoms with van der Waals surface area (Å²) in [6.45, 7) is 0.411. The van der Waals surface area contributed by atoms with Crippen molar-refractivity contribution in [3.63, 3.8) is 0 Å². The lowest BCUT2D eigenvalue weighted by Crippen LogP contribution is -2.19. The van der Waals surface area contributed by atoms with Crippen molar-refractivity contribution in [2.45, 2.75) is 13.0 Å². The standard InChI is InChI=1S/C22H16Br3ClN2O2/c23-17-5-1-14(2-6-17)11-21(29)28-27-12-16-9-19(24)22(20(25)10-16)30-13-15-3-7-18(26)8-4-15/h1-10,12H,11,13H2,(H,28,29)/b27-12-. The highest BCUT2D eigenvalue weighted by Gasteiger charge is 2.09. The maximum absolute atomic E-state index is 12.0. The molecule has 4 nitrogen and oxygen atoms in total. The Kier molecular flexibility index (Phi) is 8.50. The van der Waals surface area contributed by atoms with Gasteiger partial charge in [0.25, 0.3) is 0 Å². The molecule has 1 N–H and O–H groups in total. The molecule has 8 heteroatoms. The van der Waals surface area contributed by atoms with Gasteiger partial charge in [-0.15, -0.1) is 0 Å². The molecule has 30 heavy (non-hydrogen) atoms. The number of halogens is 4. The number of benzene rings is 3. The smallest absolute Gasteiger partial charge is 0.244 e. The Morgan fingerprint density at radius 1 is 0.967 bits per heavy atom. The third-order valence-electron chi connectivity index (χ3n) is 4.00. The molecule has 0 fully saturated rings. The van der Waals surface area contributed by atoms with E-state index >= 15 is 0 Å². The van der Waals surface area contributed by atoms with Crippen LogP contribution in [-0.2, 0) is 17.8 Å². The van der Waals surface area contributed by atoms with Crippen LogP contribution in [0.2, 0.25) is 5.02 Å². The summed E-state index contributed by atoms with van der Waals surface area (Å²) >= 11 is 16.3. The lowest BCUT2D eigenvalue weighted by atomic mass is 10.1. The molecule has 0 saturated heterocycles. The van der Waals surface area contributed by atoms with Crippen molar-refractivity contribution >= 4 is 71.5 Å². The first-order chi connectivity index (χ1) is 14.4. The summed E-state index contributed by atoms with van der Waals surface area (Å²) in [5.41, 5.74) is 5.27. The Hall–Kier alpha value is -1.67. The van der Waals surface area contributed by atoms with Crippen LogP contribution in [0.5, 0.6) is 5.75 Å². The van der Waals surface area contributed by atoms with Crippen molar-refractivity contribution in [2.24, 2.45) is 5.10 Å². The molecular weight excluding hydrogens is 599 g/mol. The molecule has 0 unspecified atom stereocenters. The van der Waals surface area contributed by atoms with E-state index in [1.54, 1.807) is 6.21 Å². The van der Waals surface area contributed by atoms with Gasteiger partial charge in [0.15, 0.2) is 0 Å². The minimum absolute atomic E-state index is 0.186. The first-order valence-corrected chi connectivity index (χ1v) is 11.6. The molecule has 3 aromatic rings. The van der Waals surface area contributed by atoms with Crippen LogP contribution in [0.1, 0.15) is 16.7 Å². The molecule has 154 valence electrons. The number of hydrogen-bond donors (Lipinski definition) is 1. The van der Waals surface area contributed by atoms with Crippen LogP contribution in [0.25, 0.3) is 0 Å². The van der Waals surface area contributed by atoms with Crippen molar-refractivity contribution in [1.82, 2.24) is 5.43 Å². The Morgan fingerprint density at radius 3 is 2.20 bits per heavy atom. The van der Waals surface area contributed by atoms with E-state index in [-0.39, 0.29) is 12.3 Å². The lowest BCUT2D eigenvalue weighted by molar-refractivity contribution is -0.120. The molecule has 1 amide bonds. The summed E-state index contributed by atoms with van der Waals surface area (Å²) in [7, 11) is 0. The maximum atomic E-state index is 12.0. The number of nitrogens with zero attached hydrogens (tertiary/aromatic N) is 1. The van der Waals surface area contributed by atoms with E-state index in [4.69, 9.17) is 16.3 Å². The van der Waals surface area contributed by atoms with Crippen molar-refractivity contribution in [2.75, 3.05) is 0 Å². The molecule has 0 bridgehead atoms. The number of rotatable bonds is 7. The first-order valence-electron chi connectivity index (χ1n) is 8.83. The summed E-state index contributed by atoms with van der Waals surface area (Å²) in [6, 6.07) is 18.8. The lowest BCUT2D eigenvalue weighted by Gasteiger charge is -2.11. The van der Waals surface area contributed by atoms with E-state index in [2.05, 4.69) is 58.3 Å². The molecule has 0 aliphatic carbocycles. The minimum Gasteiger partial charge on any atom is -0.487 e. The minimum atomic E-state index is -0.186. The van der Waals surface area contributed by atoms with Gasteiger partial charge >= 0.3 is 0 Å². The SMILES string of the molecule is O=C(Cc1ccc(Br)cc1)N/N=C\c1cc(Br)c(OCc2ccc(Cl)cc2)c(Br)c1. The summed E-state index contributed by atoms with van der Waals surface area (Å²) in [5.74, 6) is 0.496. The van der Waals surface area contributed by atoms with Crippen molar-refractivity contribution in [3.8, 4) is 5.75 Å². The number of nitrogens with one attached hydrogen (secondary N) is 1.